The maximum Gasteiger partial charge on any atom is 0.139 e. The number of ketones is 1. The highest BCUT2D eigenvalue weighted by atomic mass is 16.5. The van der Waals surface area contributed by atoms with E-state index in [4.69, 9.17) is 4.74 Å². The van der Waals surface area contributed by atoms with Crippen LogP contribution in [0.25, 0.3) is 0 Å². The fourth-order valence-electron chi connectivity index (χ4n) is 6.51. The molecule has 1 saturated heterocycles. The summed E-state index contributed by atoms with van der Waals surface area (Å²) in [4.78, 5) is 15.0. The molecule has 5 rings (SSSR count). The molecule has 0 bridgehead atoms. The normalized spacial score (nSPS) is 42.3. The molecule has 0 radical (unpaired) electrons. The van der Waals surface area contributed by atoms with Crippen molar-refractivity contribution in [2.24, 2.45) is 22.7 Å². The molecule has 0 aromatic heterocycles. The van der Waals surface area contributed by atoms with E-state index < -0.39 is 0 Å². The number of carbonyl (C=O) groups is 1. The molecule has 4 atom stereocenters. The Labute approximate surface area is 157 Å². The largest absolute Gasteiger partial charge is 0.378 e. The highest BCUT2D eigenvalue weighted by Crippen LogP contribution is 2.61. The summed E-state index contributed by atoms with van der Waals surface area (Å²) in [6, 6.07) is 0. The van der Waals surface area contributed by atoms with Crippen LogP contribution in [0, 0.1) is 22.7 Å². The number of nitrogens with zero attached hydrogens (tertiary/aromatic N) is 1. The van der Waals surface area contributed by atoms with E-state index in [9.17, 15) is 4.79 Å². The molecule has 140 valence electrons. The van der Waals surface area contributed by atoms with Crippen LogP contribution in [0.2, 0.25) is 0 Å². The van der Waals surface area contributed by atoms with Gasteiger partial charge >= 0.3 is 0 Å². The number of fused-ring (bicyclic) bond motifs is 5. The molecule has 1 heterocycles. The summed E-state index contributed by atoms with van der Waals surface area (Å²) in [5, 5.41) is 0. The Hall–Kier alpha value is -1.35. The van der Waals surface area contributed by atoms with Gasteiger partial charge in [-0.15, -0.1) is 0 Å². The van der Waals surface area contributed by atoms with Crippen LogP contribution in [-0.4, -0.2) is 37.0 Å². The lowest BCUT2D eigenvalue weighted by Crippen LogP contribution is -2.44. The van der Waals surface area contributed by atoms with Crippen LogP contribution >= 0.6 is 0 Å². The highest BCUT2D eigenvalue weighted by Gasteiger charge is 2.55. The molecule has 0 amide bonds. The van der Waals surface area contributed by atoms with Crippen molar-refractivity contribution in [2.75, 3.05) is 26.3 Å². The number of rotatable bonds is 1. The molecule has 5 aliphatic rings. The second-order valence-electron chi connectivity index (χ2n) is 9.42. The zero-order valence-corrected chi connectivity index (χ0v) is 16.2. The molecule has 3 nitrogen and oxygen atoms in total. The second-order valence-corrected chi connectivity index (χ2v) is 9.42. The predicted molar refractivity (Wildman–Crippen MR) is 103 cm³/mol. The summed E-state index contributed by atoms with van der Waals surface area (Å²) < 4.78 is 5.53. The Bertz CT molecular complexity index is 726. The average molecular weight is 354 g/mol. The van der Waals surface area contributed by atoms with Crippen LogP contribution in [0.4, 0.5) is 0 Å². The Morgan fingerprint density at radius 1 is 1.15 bits per heavy atom. The van der Waals surface area contributed by atoms with Crippen LogP contribution in [0.5, 0.6) is 0 Å². The van der Waals surface area contributed by atoms with E-state index in [-0.39, 0.29) is 10.8 Å². The third-order valence-corrected chi connectivity index (χ3v) is 8.26. The van der Waals surface area contributed by atoms with E-state index in [2.05, 4.69) is 37.0 Å². The number of allylic oxidation sites excluding steroid dienone is 6. The Morgan fingerprint density at radius 3 is 2.77 bits per heavy atom. The Balaban J connectivity index is 1.47. The standard InChI is InChI=1S/C23H31NO2/c1-22-9-7-17(24-11-13-26-14-12-24)15-16(22)3-4-18-19-5-6-21(25)23(19,2)10-8-20(18)22/h3,8,15,18-19H,4-7,9-14H2,1-2H3/t18-,19-,22-,23-/m0/s1. The Kier molecular flexibility index (Phi) is 3.76. The topological polar surface area (TPSA) is 29.5 Å². The quantitative estimate of drug-likeness (QED) is 0.660. The molecule has 26 heavy (non-hydrogen) atoms. The lowest BCUT2D eigenvalue weighted by atomic mass is 9.53. The van der Waals surface area contributed by atoms with Crippen molar-refractivity contribution in [3.8, 4) is 0 Å². The van der Waals surface area contributed by atoms with E-state index in [1.54, 1.807) is 5.57 Å². The van der Waals surface area contributed by atoms with Gasteiger partial charge in [0.25, 0.3) is 0 Å². The van der Waals surface area contributed by atoms with Crippen molar-refractivity contribution >= 4 is 5.78 Å². The average Bonchev–Trinajstić information content (AvgIpc) is 2.97. The van der Waals surface area contributed by atoms with Gasteiger partial charge in [0.05, 0.1) is 13.2 Å². The van der Waals surface area contributed by atoms with Crippen LogP contribution in [0.15, 0.2) is 35.1 Å². The molecule has 4 aliphatic carbocycles. The van der Waals surface area contributed by atoms with Crippen LogP contribution in [0.3, 0.4) is 0 Å². The van der Waals surface area contributed by atoms with E-state index in [0.717, 1.165) is 52.0 Å². The molecule has 0 aromatic rings. The van der Waals surface area contributed by atoms with Gasteiger partial charge in [-0.3, -0.25) is 4.79 Å². The number of hydrogen-bond acceptors (Lipinski definition) is 3. The third kappa shape index (κ3) is 2.25. The molecular formula is C23H31NO2. The minimum Gasteiger partial charge on any atom is -0.378 e. The lowest BCUT2D eigenvalue weighted by Gasteiger charge is -2.51. The molecule has 0 N–H and O–H groups in total. The zero-order chi connectivity index (χ0) is 17.9. The molecule has 1 saturated carbocycles. The summed E-state index contributed by atoms with van der Waals surface area (Å²) in [5.74, 6) is 1.66. The first kappa shape index (κ1) is 16.8. The maximum atomic E-state index is 12.5. The first-order chi connectivity index (χ1) is 12.5. The summed E-state index contributed by atoms with van der Waals surface area (Å²) in [7, 11) is 0. The van der Waals surface area contributed by atoms with Gasteiger partial charge in [0.15, 0.2) is 0 Å². The van der Waals surface area contributed by atoms with E-state index in [1.165, 1.54) is 24.1 Å². The molecule has 1 aliphatic heterocycles. The van der Waals surface area contributed by atoms with Gasteiger partial charge in [-0.2, -0.15) is 0 Å². The van der Waals surface area contributed by atoms with E-state index in [1.807, 2.05) is 0 Å². The highest BCUT2D eigenvalue weighted by molar-refractivity contribution is 5.87. The first-order valence-electron chi connectivity index (χ1n) is 10.5. The summed E-state index contributed by atoms with van der Waals surface area (Å²) >= 11 is 0. The van der Waals surface area contributed by atoms with Crippen molar-refractivity contribution in [2.45, 2.75) is 52.4 Å². The zero-order valence-electron chi connectivity index (χ0n) is 16.2. The van der Waals surface area contributed by atoms with Crippen molar-refractivity contribution in [3.05, 3.63) is 35.1 Å². The number of morpholine rings is 1. The molecule has 0 spiro atoms. The minimum atomic E-state index is -0.0840. The summed E-state index contributed by atoms with van der Waals surface area (Å²) in [5.41, 5.74) is 4.79. The molecule has 0 unspecified atom stereocenters. The third-order valence-electron chi connectivity index (χ3n) is 8.26. The Morgan fingerprint density at radius 2 is 1.96 bits per heavy atom. The number of ether oxygens (including phenoxy) is 1. The fourth-order valence-corrected chi connectivity index (χ4v) is 6.51. The monoisotopic (exact) mass is 353 g/mol. The van der Waals surface area contributed by atoms with Gasteiger partial charge in [0.1, 0.15) is 5.78 Å². The van der Waals surface area contributed by atoms with Crippen molar-refractivity contribution in [1.29, 1.82) is 0 Å². The first-order valence-corrected chi connectivity index (χ1v) is 10.5. The van der Waals surface area contributed by atoms with Gasteiger partial charge in [0, 0.05) is 36.0 Å². The summed E-state index contributed by atoms with van der Waals surface area (Å²) in [6.45, 7) is 8.47. The van der Waals surface area contributed by atoms with Crippen LogP contribution in [-0.2, 0) is 9.53 Å². The van der Waals surface area contributed by atoms with E-state index >= 15 is 0 Å². The number of carbonyl (C=O) groups excluding carboxylic acids is 1. The molecule has 3 heteroatoms. The van der Waals surface area contributed by atoms with Gasteiger partial charge in [0.2, 0.25) is 0 Å². The van der Waals surface area contributed by atoms with Crippen molar-refractivity contribution in [3.63, 3.8) is 0 Å². The van der Waals surface area contributed by atoms with Gasteiger partial charge < -0.3 is 9.64 Å². The smallest absolute Gasteiger partial charge is 0.139 e. The fraction of sp³-hybridized carbons (Fsp3) is 0.696. The summed E-state index contributed by atoms with van der Waals surface area (Å²) in [6.07, 6.45) is 13.8. The number of Topliss-reactive ketones (excluding diaryl/α,β-unsaturated/α-hetero) is 1. The minimum absolute atomic E-state index is 0.0840. The van der Waals surface area contributed by atoms with E-state index in [0.29, 0.717) is 17.6 Å². The molecule has 0 aromatic carbocycles. The molecule has 2 fully saturated rings. The van der Waals surface area contributed by atoms with Crippen molar-refractivity contribution < 1.29 is 9.53 Å². The van der Waals surface area contributed by atoms with Crippen LogP contribution < -0.4 is 0 Å². The SMILES string of the molecule is C[C@]12CCC(N3CCOCC3)=CC1=CC[C@@H]1C2=CC[C@]2(C)C(=O)CC[C@@H]12. The maximum absolute atomic E-state index is 12.5. The second kappa shape index (κ2) is 5.82. The lowest BCUT2D eigenvalue weighted by molar-refractivity contribution is -0.127. The van der Waals surface area contributed by atoms with Crippen LogP contribution in [0.1, 0.15) is 52.4 Å². The van der Waals surface area contributed by atoms with Gasteiger partial charge in [-0.05, 0) is 55.6 Å². The number of hydrogen-bond donors (Lipinski definition) is 0. The van der Waals surface area contributed by atoms with Gasteiger partial charge in [-0.25, -0.2) is 0 Å². The van der Waals surface area contributed by atoms with Crippen molar-refractivity contribution in [1.82, 2.24) is 4.90 Å². The molecular weight excluding hydrogens is 322 g/mol. The van der Waals surface area contributed by atoms with Gasteiger partial charge in [-0.1, -0.05) is 31.6 Å². The predicted octanol–water partition coefficient (Wildman–Crippen LogP) is 4.26.